The van der Waals surface area contributed by atoms with Gasteiger partial charge in [-0.05, 0) is 56.4 Å². The summed E-state index contributed by atoms with van der Waals surface area (Å²) in [6.45, 7) is 10.0. The second-order valence-corrected chi connectivity index (χ2v) is 8.16. The molecule has 5 heteroatoms. The van der Waals surface area contributed by atoms with Crippen LogP contribution in [0.1, 0.15) is 48.7 Å². The fourth-order valence-corrected chi connectivity index (χ4v) is 4.19. The second kappa shape index (κ2) is 10.3. The van der Waals surface area contributed by atoms with Crippen molar-refractivity contribution in [3.63, 3.8) is 0 Å². The molecule has 1 amide bonds. The van der Waals surface area contributed by atoms with Crippen molar-refractivity contribution in [3.05, 3.63) is 64.5 Å². The third-order valence-corrected chi connectivity index (χ3v) is 5.90. The van der Waals surface area contributed by atoms with Crippen molar-refractivity contribution in [1.82, 2.24) is 14.8 Å². The fourth-order valence-electron chi connectivity index (χ4n) is 4.19. The molecule has 5 nitrogen and oxygen atoms in total. The van der Waals surface area contributed by atoms with Crippen molar-refractivity contribution in [3.8, 4) is 6.07 Å². The monoisotopic (exact) mass is 404 g/mol. The van der Waals surface area contributed by atoms with Crippen molar-refractivity contribution in [1.29, 1.82) is 5.26 Å². The minimum atomic E-state index is -0.265. The van der Waals surface area contributed by atoms with Gasteiger partial charge in [0.25, 0.3) is 5.91 Å². The molecule has 1 aliphatic rings. The maximum Gasteiger partial charge on any atom is 0.262 e. The summed E-state index contributed by atoms with van der Waals surface area (Å²) in [5.74, 6) is -0.265. The van der Waals surface area contributed by atoms with Gasteiger partial charge in [-0.25, -0.2) is 0 Å². The van der Waals surface area contributed by atoms with Gasteiger partial charge in [-0.15, -0.1) is 0 Å². The Labute approximate surface area is 180 Å². The Kier molecular flexibility index (Phi) is 7.48. The lowest BCUT2D eigenvalue weighted by atomic mass is 10.0. The van der Waals surface area contributed by atoms with Crippen LogP contribution < -0.4 is 5.32 Å². The zero-order chi connectivity index (χ0) is 21.5. The van der Waals surface area contributed by atoms with Gasteiger partial charge in [-0.2, -0.15) is 5.26 Å². The van der Waals surface area contributed by atoms with Gasteiger partial charge in [0.05, 0.1) is 0 Å². The van der Waals surface area contributed by atoms with E-state index in [1.807, 2.05) is 13.0 Å². The van der Waals surface area contributed by atoms with E-state index in [4.69, 9.17) is 0 Å². The summed E-state index contributed by atoms with van der Waals surface area (Å²) in [5, 5.41) is 12.6. The van der Waals surface area contributed by atoms with Crippen LogP contribution >= 0.6 is 0 Å². The molecular formula is C25H32N4O. The summed E-state index contributed by atoms with van der Waals surface area (Å²) in [6, 6.07) is 14.7. The van der Waals surface area contributed by atoms with E-state index in [9.17, 15) is 10.1 Å². The van der Waals surface area contributed by atoms with Gasteiger partial charge >= 0.3 is 0 Å². The van der Waals surface area contributed by atoms with E-state index >= 15 is 0 Å². The van der Waals surface area contributed by atoms with Gasteiger partial charge in [0.1, 0.15) is 11.6 Å². The molecular weight excluding hydrogens is 372 g/mol. The summed E-state index contributed by atoms with van der Waals surface area (Å²) >= 11 is 0. The molecule has 2 aromatic rings. The van der Waals surface area contributed by atoms with Gasteiger partial charge in [0, 0.05) is 43.6 Å². The molecule has 0 unspecified atom stereocenters. The van der Waals surface area contributed by atoms with E-state index < -0.39 is 0 Å². The van der Waals surface area contributed by atoms with Gasteiger partial charge < -0.3 is 9.88 Å². The number of piperidine rings is 1. The van der Waals surface area contributed by atoms with Crippen molar-refractivity contribution in [2.24, 2.45) is 0 Å². The van der Waals surface area contributed by atoms with Crippen LogP contribution in [-0.4, -0.2) is 34.5 Å². The predicted octanol–water partition coefficient (Wildman–Crippen LogP) is 4.20. The van der Waals surface area contributed by atoms with Crippen molar-refractivity contribution < 1.29 is 4.79 Å². The lowest BCUT2D eigenvalue weighted by molar-refractivity contribution is -0.118. The number of carbonyl (C=O) groups excluding carboxylic acids is 1. The van der Waals surface area contributed by atoms with Crippen LogP contribution in [0.5, 0.6) is 0 Å². The van der Waals surface area contributed by atoms with Crippen molar-refractivity contribution in [2.75, 3.05) is 13.1 Å². The Morgan fingerprint density at radius 2 is 1.93 bits per heavy atom. The molecule has 158 valence electrons. The highest BCUT2D eigenvalue weighted by atomic mass is 16.1. The first-order valence-electron chi connectivity index (χ1n) is 10.9. The Balaban J connectivity index is 1.58. The van der Waals surface area contributed by atoms with Crippen molar-refractivity contribution >= 4 is 12.0 Å². The molecule has 1 aromatic heterocycles. The highest BCUT2D eigenvalue weighted by Gasteiger charge is 2.22. The lowest BCUT2D eigenvalue weighted by Crippen LogP contribution is -2.44. The number of amides is 1. The van der Waals surface area contributed by atoms with Crippen LogP contribution in [0.4, 0.5) is 0 Å². The van der Waals surface area contributed by atoms with Crippen LogP contribution in [-0.2, 0) is 17.9 Å². The van der Waals surface area contributed by atoms with E-state index in [2.05, 4.69) is 65.0 Å². The molecule has 3 rings (SSSR count). The summed E-state index contributed by atoms with van der Waals surface area (Å²) in [7, 11) is 0. The molecule has 0 bridgehead atoms. The number of aryl methyl sites for hydroxylation is 1. The topological polar surface area (TPSA) is 61.1 Å². The maximum absolute atomic E-state index is 12.7. The Morgan fingerprint density at radius 1 is 1.23 bits per heavy atom. The van der Waals surface area contributed by atoms with Crippen LogP contribution in [0.2, 0.25) is 0 Å². The molecule has 1 aromatic carbocycles. The number of nitrogens with one attached hydrogen (secondary N) is 1. The van der Waals surface area contributed by atoms with E-state index in [1.54, 1.807) is 6.08 Å². The lowest BCUT2D eigenvalue weighted by Gasteiger charge is -2.32. The third kappa shape index (κ3) is 5.40. The van der Waals surface area contributed by atoms with E-state index in [1.165, 1.54) is 5.56 Å². The minimum Gasteiger partial charge on any atom is -0.349 e. The maximum atomic E-state index is 12.7. The quantitative estimate of drug-likeness (QED) is 0.556. The SMILES string of the molecule is CCCn1c(C)cc(/C=C(\C#N)C(=O)NC2CCN(Cc3ccccc3)CC2)c1C. The number of nitriles is 1. The molecule has 1 N–H and O–H groups in total. The smallest absolute Gasteiger partial charge is 0.262 e. The largest absolute Gasteiger partial charge is 0.349 e. The van der Waals surface area contributed by atoms with Gasteiger partial charge in [-0.1, -0.05) is 37.3 Å². The van der Waals surface area contributed by atoms with E-state index in [0.29, 0.717) is 0 Å². The van der Waals surface area contributed by atoms with E-state index in [-0.39, 0.29) is 17.5 Å². The molecule has 30 heavy (non-hydrogen) atoms. The molecule has 0 aliphatic carbocycles. The number of carbonyl (C=O) groups is 1. The molecule has 1 fully saturated rings. The molecule has 1 saturated heterocycles. The molecule has 0 atom stereocenters. The number of likely N-dealkylation sites (tertiary alicyclic amines) is 1. The highest BCUT2D eigenvalue weighted by Crippen LogP contribution is 2.19. The predicted molar refractivity (Wildman–Crippen MR) is 121 cm³/mol. The number of hydrogen-bond acceptors (Lipinski definition) is 3. The molecule has 0 spiro atoms. The summed E-state index contributed by atoms with van der Waals surface area (Å²) in [4.78, 5) is 15.1. The molecule has 0 radical (unpaired) electrons. The number of rotatable bonds is 7. The zero-order valence-corrected chi connectivity index (χ0v) is 18.3. The van der Waals surface area contributed by atoms with Gasteiger partial charge in [0.2, 0.25) is 0 Å². The molecule has 2 heterocycles. The third-order valence-electron chi connectivity index (χ3n) is 5.90. The first kappa shape index (κ1) is 21.9. The first-order valence-corrected chi connectivity index (χ1v) is 10.9. The van der Waals surface area contributed by atoms with Crippen LogP contribution in [0.15, 0.2) is 42.0 Å². The van der Waals surface area contributed by atoms with Crippen molar-refractivity contribution in [2.45, 2.75) is 59.2 Å². The van der Waals surface area contributed by atoms with Crippen LogP contribution in [0.25, 0.3) is 6.08 Å². The zero-order valence-electron chi connectivity index (χ0n) is 18.3. The highest BCUT2D eigenvalue weighted by molar-refractivity contribution is 6.02. The average molecular weight is 405 g/mol. The fraction of sp³-hybridized carbons (Fsp3) is 0.440. The normalized spacial score (nSPS) is 15.7. The molecule has 1 aliphatic heterocycles. The average Bonchev–Trinajstić information content (AvgIpc) is 3.01. The number of hydrogen-bond donors (Lipinski definition) is 1. The van der Waals surface area contributed by atoms with Crippen LogP contribution in [0.3, 0.4) is 0 Å². The standard InChI is InChI=1S/C25H32N4O/c1-4-12-29-19(2)15-22(20(29)3)16-23(17-26)25(30)27-24-10-13-28(14-11-24)18-21-8-6-5-7-9-21/h5-9,15-16,24H,4,10-14,18H2,1-3H3,(H,27,30)/b23-16+. The summed E-state index contributed by atoms with van der Waals surface area (Å²) in [5.41, 5.74) is 4.70. The van der Waals surface area contributed by atoms with Gasteiger partial charge in [-0.3, -0.25) is 9.69 Å². The number of aromatic nitrogens is 1. The van der Waals surface area contributed by atoms with Crippen LogP contribution in [0, 0.1) is 25.2 Å². The second-order valence-electron chi connectivity index (χ2n) is 8.16. The Bertz CT molecular complexity index is 928. The summed E-state index contributed by atoms with van der Waals surface area (Å²) in [6.07, 6.45) is 4.59. The first-order chi connectivity index (χ1) is 14.5. The Hall–Kier alpha value is -2.84. The minimum absolute atomic E-state index is 0.119. The summed E-state index contributed by atoms with van der Waals surface area (Å²) < 4.78 is 2.24. The number of benzene rings is 1. The molecule has 0 saturated carbocycles. The Morgan fingerprint density at radius 3 is 2.57 bits per heavy atom. The van der Waals surface area contributed by atoms with Gasteiger partial charge in [0.15, 0.2) is 0 Å². The van der Waals surface area contributed by atoms with E-state index in [0.717, 1.165) is 62.4 Å². The number of nitrogens with zero attached hydrogens (tertiary/aromatic N) is 3.